The van der Waals surface area contributed by atoms with Crippen LogP contribution in [0.15, 0.2) is 52.9 Å². The van der Waals surface area contributed by atoms with E-state index in [1.165, 1.54) is 4.90 Å². The van der Waals surface area contributed by atoms with Crippen molar-refractivity contribution in [2.75, 3.05) is 19.7 Å². The third-order valence-electron chi connectivity index (χ3n) is 5.40. The molecule has 1 amide bonds. The van der Waals surface area contributed by atoms with Crippen molar-refractivity contribution in [3.63, 3.8) is 0 Å². The summed E-state index contributed by atoms with van der Waals surface area (Å²) >= 11 is 0. The second kappa shape index (κ2) is 8.20. The van der Waals surface area contributed by atoms with Crippen LogP contribution >= 0.6 is 0 Å². The first-order valence-corrected chi connectivity index (χ1v) is 9.94. The van der Waals surface area contributed by atoms with E-state index in [0.717, 1.165) is 5.56 Å². The number of carboxylic acid groups (broad SMARTS) is 1. The number of aliphatic carboxylic acids is 1. The van der Waals surface area contributed by atoms with Crippen LogP contribution in [0.4, 0.5) is 0 Å². The lowest BCUT2D eigenvalue weighted by Gasteiger charge is -2.34. The molecule has 2 heterocycles. The molecule has 1 saturated heterocycles. The van der Waals surface area contributed by atoms with Crippen LogP contribution in [0.3, 0.4) is 0 Å². The Hall–Kier alpha value is -3.32. The summed E-state index contributed by atoms with van der Waals surface area (Å²) in [6, 6.07) is 14.6. The zero-order valence-electron chi connectivity index (χ0n) is 16.6. The number of fused-ring (bicyclic) bond motifs is 1. The molecule has 0 saturated carbocycles. The van der Waals surface area contributed by atoms with Crippen molar-refractivity contribution in [1.29, 1.82) is 0 Å². The van der Waals surface area contributed by atoms with Gasteiger partial charge in [-0.05, 0) is 31.5 Å². The normalized spacial score (nSPS) is 19.1. The number of likely N-dealkylation sites (tertiary alicyclic amines) is 1. The topological polar surface area (TPSA) is 100 Å². The second-order valence-electron chi connectivity index (χ2n) is 7.32. The van der Waals surface area contributed by atoms with Gasteiger partial charge in [-0.1, -0.05) is 30.3 Å². The molecule has 0 spiro atoms. The number of ether oxygens (including phenoxy) is 1. The minimum Gasteiger partial charge on any atom is -0.494 e. The highest BCUT2D eigenvalue weighted by atomic mass is 16.5. The molecular formula is C23H23NO6. The van der Waals surface area contributed by atoms with Crippen LogP contribution < -0.4 is 4.74 Å². The maximum atomic E-state index is 13.6. The summed E-state index contributed by atoms with van der Waals surface area (Å²) < 4.78 is 11.7. The molecule has 7 nitrogen and oxygen atoms in total. The van der Waals surface area contributed by atoms with Crippen molar-refractivity contribution >= 4 is 22.8 Å². The second-order valence-corrected chi connectivity index (χ2v) is 7.32. The maximum absolute atomic E-state index is 13.6. The fraction of sp³-hybridized carbons (Fsp3) is 0.304. The van der Waals surface area contributed by atoms with E-state index in [1.54, 1.807) is 18.2 Å². The number of carbonyl (C=O) groups is 2. The average Bonchev–Trinajstić information content (AvgIpc) is 3.13. The molecule has 156 valence electrons. The van der Waals surface area contributed by atoms with Crippen LogP contribution in [0.5, 0.6) is 5.75 Å². The van der Waals surface area contributed by atoms with Gasteiger partial charge >= 0.3 is 5.97 Å². The molecule has 3 aromatic rings. The molecule has 2 aromatic carbocycles. The van der Waals surface area contributed by atoms with Crippen LogP contribution in [0, 0.1) is 5.92 Å². The molecule has 2 N–H and O–H groups in total. The minimum absolute atomic E-state index is 0.0542. The average molecular weight is 409 g/mol. The third-order valence-corrected chi connectivity index (χ3v) is 5.40. The highest BCUT2D eigenvalue weighted by Gasteiger charge is 2.37. The lowest BCUT2D eigenvalue weighted by atomic mass is 9.94. The molecule has 2 atom stereocenters. The summed E-state index contributed by atoms with van der Waals surface area (Å²) in [7, 11) is 0. The highest BCUT2D eigenvalue weighted by molar-refractivity contribution is 6.11. The largest absolute Gasteiger partial charge is 0.494 e. The smallest absolute Gasteiger partial charge is 0.310 e. The number of carbonyl (C=O) groups excluding carboxylic acids is 1. The zero-order chi connectivity index (χ0) is 21.3. The molecule has 0 radical (unpaired) electrons. The molecule has 0 bridgehead atoms. The van der Waals surface area contributed by atoms with E-state index in [4.69, 9.17) is 9.15 Å². The summed E-state index contributed by atoms with van der Waals surface area (Å²) in [6.07, 6.45) is -0.755. The van der Waals surface area contributed by atoms with Gasteiger partial charge in [0.05, 0.1) is 18.3 Å². The highest BCUT2D eigenvalue weighted by Crippen LogP contribution is 2.37. The molecule has 1 aliphatic rings. The van der Waals surface area contributed by atoms with Crippen LogP contribution in [-0.4, -0.2) is 52.8 Å². The number of amides is 1. The number of nitrogens with zero attached hydrogens (tertiary/aromatic N) is 1. The lowest BCUT2D eigenvalue weighted by Crippen LogP contribution is -2.48. The van der Waals surface area contributed by atoms with Gasteiger partial charge in [-0.2, -0.15) is 0 Å². The predicted molar refractivity (Wildman–Crippen MR) is 110 cm³/mol. The van der Waals surface area contributed by atoms with Crippen molar-refractivity contribution in [2.45, 2.75) is 19.4 Å². The Morgan fingerprint density at radius 3 is 2.67 bits per heavy atom. The van der Waals surface area contributed by atoms with Gasteiger partial charge in [-0.15, -0.1) is 0 Å². The van der Waals surface area contributed by atoms with Gasteiger partial charge in [-0.25, -0.2) is 0 Å². The van der Waals surface area contributed by atoms with Gasteiger partial charge in [0.2, 0.25) is 0 Å². The monoisotopic (exact) mass is 409 g/mol. The molecule has 1 aliphatic heterocycles. The molecule has 0 unspecified atom stereocenters. The fourth-order valence-corrected chi connectivity index (χ4v) is 3.86. The van der Waals surface area contributed by atoms with Crippen LogP contribution in [0.1, 0.15) is 23.7 Å². The maximum Gasteiger partial charge on any atom is 0.310 e. The Balaban J connectivity index is 1.82. The van der Waals surface area contributed by atoms with Gasteiger partial charge in [0.25, 0.3) is 5.91 Å². The standard InChI is InChI=1S/C23H23NO6/c1-2-29-15-8-9-19-16(12-15)20(21(30-19)14-6-4-3-5-7-14)22(26)24-11-10-18(25)17(13-24)23(27)28/h3-9,12,17-18,25H,2,10-11,13H2,1H3,(H,27,28)/t17-,18+/m1/s1. The molecule has 4 rings (SSSR count). The van der Waals surface area contributed by atoms with E-state index >= 15 is 0 Å². The Kier molecular flexibility index (Phi) is 5.46. The Bertz CT molecular complexity index is 1070. The number of hydrogen-bond acceptors (Lipinski definition) is 5. The molecule has 0 aliphatic carbocycles. The van der Waals surface area contributed by atoms with Crippen molar-refractivity contribution < 1.29 is 29.0 Å². The number of piperidine rings is 1. The third kappa shape index (κ3) is 3.64. The first-order valence-electron chi connectivity index (χ1n) is 9.94. The lowest BCUT2D eigenvalue weighted by molar-refractivity contribution is -0.148. The van der Waals surface area contributed by atoms with E-state index in [9.17, 15) is 19.8 Å². The van der Waals surface area contributed by atoms with E-state index in [-0.39, 0.29) is 25.4 Å². The van der Waals surface area contributed by atoms with Crippen LogP contribution in [0.2, 0.25) is 0 Å². The van der Waals surface area contributed by atoms with E-state index < -0.39 is 18.0 Å². The Morgan fingerprint density at radius 1 is 1.20 bits per heavy atom. The first kappa shape index (κ1) is 20.0. The summed E-state index contributed by atoms with van der Waals surface area (Å²) in [6.45, 7) is 2.59. The number of benzene rings is 2. The number of hydrogen-bond donors (Lipinski definition) is 2. The van der Waals surface area contributed by atoms with Gasteiger partial charge < -0.3 is 24.3 Å². The Labute approximate surface area is 173 Å². The molecule has 1 aromatic heterocycles. The van der Waals surface area contributed by atoms with Crippen molar-refractivity contribution in [3.05, 3.63) is 54.1 Å². The van der Waals surface area contributed by atoms with E-state index in [0.29, 0.717) is 34.6 Å². The Morgan fingerprint density at radius 2 is 1.97 bits per heavy atom. The SMILES string of the molecule is CCOc1ccc2oc(-c3ccccc3)c(C(=O)N3CC[C@H](O)[C@H](C(=O)O)C3)c2c1. The van der Waals surface area contributed by atoms with Crippen molar-refractivity contribution in [3.8, 4) is 17.1 Å². The number of rotatable bonds is 5. The summed E-state index contributed by atoms with van der Waals surface area (Å²) in [5.74, 6) is -1.39. The van der Waals surface area contributed by atoms with Crippen molar-refractivity contribution in [1.82, 2.24) is 4.90 Å². The van der Waals surface area contributed by atoms with Gasteiger partial charge in [0.1, 0.15) is 23.0 Å². The molecule has 7 heteroatoms. The zero-order valence-corrected chi connectivity index (χ0v) is 16.6. The van der Waals surface area contributed by atoms with E-state index in [2.05, 4.69) is 0 Å². The number of aliphatic hydroxyl groups is 1. The van der Waals surface area contributed by atoms with E-state index in [1.807, 2.05) is 37.3 Å². The van der Waals surface area contributed by atoms with Crippen LogP contribution in [0.25, 0.3) is 22.3 Å². The predicted octanol–water partition coefficient (Wildman–Crippen LogP) is 3.41. The van der Waals surface area contributed by atoms with Gasteiger partial charge in [0, 0.05) is 24.0 Å². The summed E-state index contributed by atoms with van der Waals surface area (Å²) in [4.78, 5) is 26.5. The number of carboxylic acids is 1. The molecular weight excluding hydrogens is 386 g/mol. The van der Waals surface area contributed by atoms with Crippen LogP contribution in [-0.2, 0) is 4.79 Å². The van der Waals surface area contributed by atoms with Crippen molar-refractivity contribution in [2.24, 2.45) is 5.92 Å². The summed E-state index contributed by atoms with van der Waals surface area (Å²) in [5.41, 5.74) is 1.67. The van der Waals surface area contributed by atoms with Gasteiger partial charge in [-0.3, -0.25) is 9.59 Å². The number of aliphatic hydroxyl groups excluding tert-OH is 1. The fourth-order valence-electron chi connectivity index (χ4n) is 3.86. The number of furan rings is 1. The minimum atomic E-state index is -1.11. The molecule has 1 fully saturated rings. The summed E-state index contributed by atoms with van der Waals surface area (Å²) in [5, 5.41) is 20.0. The molecule has 30 heavy (non-hydrogen) atoms. The first-order chi connectivity index (χ1) is 14.5. The van der Waals surface area contributed by atoms with Gasteiger partial charge in [0.15, 0.2) is 0 Å². The quantitative estimate of drug-likeness (QED) is 0.670.